The first-order chi connectivity index (χ1) is 8.88. The molecule has 18 heavy (non-hydrogen) atoms. The van der Waals surface area contributed by atoms with Gasteiger partial charge >= 0.3 is 0 Å². The maximum Gasteiger partial charge on any atom is 0.140 e. The van der Waals surface area contributed by atoms with Gasteiger partial charge in [-0.15, -0.1) is 0 Å². The molecule has 1 aromatic heterocycles. The van der Waals surface area contributed by atoms with Crippen LogP contribution in [0.5, 0.6) is 0 Å². The summed E-state index contributed by atoms with van der Waals surface area (Å²) in [5.41, 5.74) is 0. The Morgan fingerprint density at radius 3 is 2.83 bits per heavy atom. The lowest BCUT2D eigenvalue weighted by molar-refractivity contribution is 0.449. The van der Waals surface area contributed by atoms with E-state index in [1.165, 1.54) is 19.3 Å². The third kappa shape index (κ3) is 1.54. The third-order valence-corrected chi connectivity index (χ3v) is 5.36. The van der Waals surface area contributed by atoms with Crippen LogP contribution < -0.4 is 5.32 Å². The molecule has 0 aliphatic heterocycles. The summed E-state index contributed by atoms with van der Waals surface area (Å²) in [7, 11) is 0. The molecule has 4 atom stereocenters. The van der Waals surface area contributed by atoms with Crippen molar-refractivity contribution in [1.82, 2.24) is 20.1 Å². The molecule has 0 aromatic carbocycles. The molecule has 0 spiro atoms. The summed E-state index contributed by atoms with van der Waals surface area (Å²) < 4.78 is 2.04. The van der Waals surface area contributed by atoms with Gasteiger partial charge in [0.05, 0.1) is 6.54 Å². The number of fused-ring (bicyclic) bond motifs is 5. The summed E-state index contributed by atoms with van der Waals surface area (Å²) in [5, 5.41) is 8.02. The van der Waals surface area contributed by atoms with Gasteiger partial charge < -0.3 is 5.32 Å². The minimum absolute atomic E-state index is 0.794. The molecule has 1 N–H and O–H groups in total. The zero-order valence-electron chi connectivity index (χ0n) is 11.0. The van der Waals surface area contributed by atoms with E-state index in [1.807, 2.05) is 4.68 Å². The molecule has 3 aliphatic rings. The van der Waals surface area contributed by atoms with Crippen molar-refractivity contribution in [2.75, 3.05) is 0 Å². The molecule has 3 aliphatic carbocycles. The van der Waals surface area contributed by atoms with Crippen LogP contribution in [-0.2, 0) is 13.1 Å². The van der Waals surface area contributed by atoms with E-state index in [0.29, 0.717) is 0 Å². The normalized spacial score (nSPS) is 40.2. The maximum atomic E-state index is 4.37. The van der Waals surface area contributed by atoms with E-state index in [-0.39, 0.29) is 0 Å². The van der Waals surface area contributed by atoms with E-state index in [2.05, 4.69) is 22.3 Å². The SMILES string of the molecule is CCCn1ncnc1CNC1C2C3CCC(C3)C12. The first-order valence-corrected chi connectivity index (χ1v) is 7.48. The lowest BCUT2D eigenvalue weighted by Crippen LogP contribution is -2.24. The van der Waals surface area contributed by atoms with Crippen LogP contribution in [0.25, 0.3) is 0 Å². The summed E-state index contributed by atoms with van der Waals surface area (Å²) in [5.74, 6) is 5.21. The second kappa shape index (κ2) is 4.05. The molecular weight excluding hydrogens is 224 g/mol. The fourth-order valence-corrected chi connectivity index (χ4v) is 4.63. The van der Waals surface area contributed by atoms with Crippen LogP contribution in [0.1, 0.15) is 38.4 Å². The Morgan fingerprint density at radius 2 is 2.11 bits per heavy atom. The van der Waals surface area contributed by atoms with Gasteiger partial charge in [0.2, 0.25) is 0 Å². The van der Waals surface area contributed by atoms with Crippen molar-refractivity contribution in [2.24, 2.45) is 23.7 Å². The Balaban J connectivity index is 1.36. The first kappa shape index (κ1) is 11.0. The third-order valence-electron chi connectivity index (χ3n) is 5.36. The Morgan fingerprint density at radius 1 is 1.33 bits per heavy atom. The minimum Gasteiger partial charge on any atom is -0.306 e. The van der Waals surface area contributed by atoms with Gasteiger partial charge in [-0.2, -0.15) is 5.10 Å². The van der Waals surface area contributed by atoms with Gasteiger partial charge in [-0.1, -0.05) is 6.92 Å². The molecule has 98 valence electrons. The summed E-state index contributed by atoms with van der Waals surface area (Å²) in [6.07, 6.45) is 7.32. The predicted molar refractivity (Wildman–Crippen MR) is 68.8 cm³/mol. The van der Waals surface area contributed by atoms with Crippen molar-refractivity contribution in [2.45, 2.75) is 51.7 Å². The number of aromatic nitrogens is 3. The zero-order valence-corrected chi connectivity index (χ0v) is 11.0. The van der Waals surface area contributed by atoms with Crippen LogP contribution >= 0.6 is 0 Å². The fourth-order valence-electron chi connectivity index (χ4n) is 4.63. The highest BCUT2D eigenvalue weighted by atomic mass is 15.3. The van der Waals surface area contributed by atoms with Gasteiger partial charge in [0.25, 0.3) is 0 Å². The molecule has 4 unspecified atom stereocenters. The molecule has 4 nitrogen and oxygen atoms in total. The molecule has 3 fully saturated rings. The standard InChI is InChI=1S/C14H22N4/c1-2-5-18-11(16-8-17-18)7-15-14-12-9-3-4-10(6-9)13(12)14/h8-10,12-15H,2-7H2,1H3. The van der Waals surface area contributed by atoms with Crippen LogP contribution in [0.3, 0.4) is 0 Å². The summed E-state index contributed by atoms with van der Waals surface area (Å²) in [6.45, 7) is 4.07. The number of hydrogen-bond donors (Lipinski definition) is 1. The van der Waals surface area contributed by atoms with Gasteiger partial charge in [0.15, 0.2) is 0 Å². The number of nitrogens with one attached hydrogen (secondary N) is 1. The predicted octanol–water partition coefficient (Wildman–Crippen LogP) is 1.82. The van der Waals surface area contributed by atoms with Crippen LogP contribution in [-0.4, -0.2) is 20.8 Å². The Labute approximate surface area is 108 Å². The maximum absolute atomic E-state index is 4.37. The van der Waals surface area contributed by atoms with Gasteiger partial charge in [0, 0.05) is 12.6 Å². The molecule has 4 rings (SSSR count). The van der Waals surface area contributed by atoms with Crippen molar-refractivity contribution in [3.05, 3.63) is 12.2 Å². The summed E-state index contributed by atoms with van der Waals surface area (Å²) >= 11 is 0. The van der Waals surface area contributed by atoms with Crippen molar-refractivity contribution in [1.29, 1.82) is 0 Å². The highest BCUT2D eigenvalue weighted by Gasteiger charge is 2.64. The first-order valence-electron chi connectivity index (χ1n) is 7.48. The molecular formula is C14H22N4. The van der Waals surface area contributed by atoms with Gasteiger partial charge in [-0.25, -0.2) is 9.67 Å². The second-order valence-electron chi connectivity index (χ2n) is 6.29. The van der Waals surface area contributed by atoms with Crippen molar-refractivity contribution in [3.63, 3.8) is 0 Å². The Hall–Kier alpha value is -0.900. The van der Waals surface area contributed by atoms with Gasteiger partial charge in [-0.3, -0.25) is 0 Å². The van der Waals surface area contributed by atoms with E-state index in [4.69, 9.17) is 0 Å². The van der Waals surface area contributed by atoms with Crippen LogP contribution in [0.2, 0.25) is 0 Å². The number of rotatable bonds is 5. The quantitative estimate of drug-likeness (QED) is 0.862. The Bertz CT molecular complexity index is 425. The molecule has 3 saturated carbocycles. The van der Waals surface area contributed by atoms with Crippen molar-refractivity contribution in [3.8, 4) is 0 Å². The molecule has 0 amide bonds. The number of hydrogen-bond acceptors (Lipinski definition) is 3. The van der Waals surface area contributed by atoms with E-state index >= 15 is 0 Å². The molecule has 0 radical (unpaired) electrons. The molecule has 2 bridgehead atoms. The highest BCUT2D eigenvalue weighted by Crippen LogP contribution is 2.65. The van der Waals surface area contributed by atoms with Crippen LogP contribution in [0.15, 0.2) is 6.33 Å². The minimum atomic E-state index is 0.794. The monoisotopic (exact) mass is 246 g/mol. The van der Waals surface area contributed by atoms with Crippen LogP contribution in [0.4, 0.5) is 0 Å². The summed E-state index contributed by atoms with van der Waals surface area (Å²) in [6, 6.07) is 0.794. The molecule has 1 heterocycles. The van der Waals surface area contributed by atoms with E-state index < -0.39 is 0 Å². The van der Waals surface area contributed by atoms with E-state index in [0.717, 1.165) is 55.0 Å². The van der Waals surface area contributed by atoms with E-state index in [9.17, 15) is 0 Å². The zero-order chi connectivity index (χ0) is 12.1. The smallest absolute Gasteiger partial charge is 0.140 e. The van der Waals surface area contributed by atoms with Gasteiger partial charge in [-0.05, 0) is 49.4 Å². The Kier molecular flexibility index (Phi) is 2.47. The molecule has 1 aromatic rings. The largest absolute Gasteiger partial charge is 0.306 e. The summed E-state index contributed by atoms with van der Waals surface area (Å²) in [4.78, 5) is 4.37. The van der Waals surface area contributed by atoms with Crippen molar-refractivity contribution >= 4 is 0 Å². The highest BCUT2D eigenvalue weighted by molar-refractivity contribution is 5.16. The average molecular weight is 246 g/mol. The lowest BCUT2D eigenvalue weighted by Gasteiger charge is -2.10. The van der Waals surface area contributed by atoms with Crippen LogP contribution in [0, 0.1) is 23.7 Å². The fraction of sp³-hybridized carbons (Fsp3) is 0.857. The molecule has 4 heteroatoms. The lowest BCUT2D eigenvalue weighted by atomic mass is 10.0. The average Bonchev–Trinajstić information content (AvgIpc) is 2.78. The topological polar surface area (TPSA) is 42.7 Å². The van der Waals surface area contributed by atoms with E-state index in [1.54, 1.807) is 6.33 Å². The molecule has 0 saturated heterocycles. The number of aryl methyl sites for hydroxylation is 1. The van der Waals surface area contributed by atoms with Gasteiger partial charge in [0.1, 0.15) is 12.2 Å². The van der Waals surface area contributed by atoms with Crippen molar-refractivity contribution < 1.29 is 0 Å². The second-order valence-corrected chi connectivity index (χ2v) is 6.29. The number of nitrogens with zero attached hydrogens (tertiary/aromatic N) is 3.